The number of ether oxygens (including phenoxy) is 2. The van der Waals surface area contributed by atoms with Gasteiger partial charge in [0, 0.05) is 38.5 Å². The largest absolute Gasteiger partial charge is 0.490 e. The molecule has 0 aliphatic carbocycles. The predicted molar refractivity (Wildman–Crippen MR) is 139 cm³/mol. The molecule has 1 aliphatic rings. The molecule has 3 N–H and O–H groups in total. The van der Waals surface area contributed by atoms with Crippen molar-refractivity contribution in [1.82, 2.24) is 4.90 Å². The number of carboxylic acids is 1. The van der Waals surface area contributed by atoms with Gasteiger partial charge in [0.2, 0.25) is 5.91 Å². The Morgan fingerprint density at radius 1 is 1.11 bits per heavy atom. The molecule has 2 unspecified atom stereocenters. The van der Waals surface area contributed by atoms with E-state index in [9.17, 15) is 14.7 Å². The molecular weight excluding hydrogens is 507 g/mol. The monoisotopic (exact) mass is 538 g/mol. The number of anilines is 1. The molecule has 1 fully saturated rings. The fourth-order valence-corrected chi connectivity index (χ4v) is 4.36. The topological polar surface area (TPSA) is 108 Å². The molecule has 2 atom stereocenters. The second kappa shape index (κ2) is 13.7. The molecule has 196 valence electrons. The van der Waals surface area contributed by atoms with E-state index in [0.29, 0.717) is 33.8 Å². The molecule has 0 aromatic heterocycles. The van der Waals surface area contributed by atoms with Gasteiger partial charge in [0.05, 0.1) is 15.7 Å². The first-order valence-electron chi connectivity index (χ1n) is 11.9. The van der Waals surface area contributed by atoms with Crippen LogP contribution in [0.5, 0.6) is 11.5 Å². The number of aliphatic hydroxyl groups excluding tert-OH is 1. The number of piperidine rings is 1. The Kier molecular flexibility index (Phi) is 10.7. The summed E-state index contributed by atoms with van der Waals surface area (Å²) in [6.07, 6.45) is 1.02. The number of benzene rings is 2. The van der Waals surface area contributed by atoms with Crippen LogP contribution in [0.2, 0.25) is 10.0 Å². The van der Waals surface area contributed by atoms with Gasteiger partial charge in [-0.2, -0.15) is 0 Å². The number of rotatable bonds is 12. The van der Waals surface area contributed by atoms with E-state index in [1.165, 1.54) is 0 Å². The van der Waals surface area contributed by atoms with Gasteiger partial charge in [-0.05, 0) is 43.0 Å². The lowest BCUT2D eigenvalue weighted by Gasteiger charge is -2.33. The summed E-state index contributed by atoms with van der Waals surface area (Å²) in [6, 6.07) is 12.2. The van der Waals surface area contributed by atoms with Crippen LogP contribution in [0.4, 0.5) is 5.69 Å². The summed E-state index contributed by atoms with van der Waals surface area (Å²) in [7, 11) is 0. The van der Waals surface area contributed by atoms with E-state index < -0.39 is 12.1 Å². The summed E-state index contributed by atoms with van der Waals surface area (Å²) in [6.45, 7) is 3.81. The van der Waals surface area contributed by atoms with E-state index in [4.69, 9.17) is 37.8 Å². The molecular formula is C26H32Cl2N2O6. The van der Waals surface area contributed by atoms with Crippen LogP contribution >= 0.6 is 23.2 Å². The summed E-state index contributed by atoms with van der Waals surface area (Å²) in [5.41, 5.74) is 0.484. The number of likely N-dealkylation sites (tertiary alicyclic amines) is 1. The molecule has 2 aromatic carbocycles. The van der Waals surface area contributed by atoms with Crippen molar-refractivity contribution in [3.8, 4) is 11.5 Å². The third-order valence-corrected chi connectivity index (χ3v) is 6.59. The maximum Gasteiger partial charge on any atom is 0.303 e. The maximum atomic E-state index is 12.3. The molecule has 1 heterocycles. The third kappa shape index (κ3) is 9.17. The minimum Gasteiger partial charge on any atom is -0.490 e. The summed E-state index contributed by atoms with van der Waals surface area (Å²) in [5.74, 6) is -0.360. The van der Waals surface area contributed by atoms with Crippen LogP contribution in [0.3, 0.4) is 0 Å². The normalized spacial score (nSPS) is 16.2. The van der Waals surface area contributed by atoms with Crippen molar-refractivity contribution in [3.63, 3.8) is 0 Å². The van der Waals surface area contributed by atoms with Crippen LogP contribution in [-0.2, 0) is 9.59 Å². The molecule has 2 aromatic rings. The van der Waals surface area contributed by atoms with Gasteiger partial charge in [-0.3, -0.25) is 9.59 Å². The number of carbonyl (C=O) groups excluding carboxylic acids is 1. The zero-order valence-corrected chi connectivity index (χ0v) is 21.7. The standard InChI is InChI=1S/C26H32Cl2N2O6/c1-17(13-26(33)34)12-25(32)29-23-4-2-3-5-24(23)35-16-18(31)15-30-10-8-19(9-11-30)36-20-6-7-21(27)22(28)14-20/h2-7,14,17-19,31H,8-13,15-16H2,1H3,(H,29,32)(H,33,34). The van der Waals surface area contributed by atoms with Gasteiger partial charge in [-0.25, -0.2) is 0 Å². The van der Waals surface area contributed by atoms with E-state index >= 15 is 0 Å². The number of nitrogens with zero attached hydrogens (tertiary/aromatic N) is 1. The smallest absolute Gasteiger partial charge is 0.303 e. The quantitative estimate of drug-likeness (QED) is 0.358. The van der Waals surface area contributed by atoms with E-state index in [1.807, 2.05) is 0 Å². The fourth-order valence-electron chi connectivity index (χ4n) is 4.07. The lowest BCUT2D eigenvalue weighted by molar-refractivity contribution is -0.138. The van der Waals surface area contributed by atoms with E-state index in [0.717, 1.165) is 25.9 Å². The molecule has 10 heteroatoms. The van der Waals surface area contributed by atoms with Gasteiger partial charge >= 0.3 is 5.97 Å². The van der Waals surface area contributed by atoms with Gasteiger partial charge in [0.15, 0.2) is 0 Å². The molecule has 8 nitrogen and oxygen atoms in total. The maximum absolute atomic E-state index is 12.3. The number of para-hydroxylation sites is 2. The lowest BCUT2D eigenvalue weighted by atomic mass is 10.0. The Balaban J connectivity index is 1.41. The Labute approximate surface area is 221 Å². The van der Waals surface area contributed by atoms with Crippen LogP contribution in [-0.4, -0.2) is 65.4 Å². The first-order valence-corrected chi connectivity index (χ1v) is 12.7. The third-order valence-electron chi connectivity index (χ3n) is 5.85. The number of amides is 1. The van der Waals surface area contributed by atoms with Crippen molar-refractivity contribution >= 4 is 40.8 Å². The van der Waals surface area contributed by atoms with Crippen LogP contribution in [0.1, 0.15) is 32.6 Å². The van der Waals surface area contributed by atoms with Gasteiger partial charge < -0.3 is 29.9 Å². The van der Waals surface area contributed by atoms with Crippen LogP contribution in [0, 0.1) is 5.92 Å². The second-order valence-corrected chi connectivity index (χ2v) is 9.92. The molecule has 0 saturated carbocycles. The summed E-state index contributed by atoms with van der Waals surface area (Å²) < 4.78 is 11.8. The summed E-state index contributed by atoms with van der Waals surface area (Å²) >= 11 is 12.0. The highest BCUT2D eigenvalue weighted by atomic mass is 35.5. The number of aliphatic hydroxyl groups is 1. The Hall–Kier alpha value is -2.52. The lowest BCUT2D eigenvalue weighted by Crippen LogP contribution is -2.43. The molecule has 1 amide bonds. The predicted octanol–water partition coefficient (Wildman–Crippen LogP) is 4.72. The van der Waals surface area contributed by atoms with Gasteiger partial charge in [-0.15, -0.1) is 0 Å². The molecule has 0 spiro atoms. The number of nitrogens with one attached hydrogen (secondary N) is 1. The zero-order valence-electron chi connectivity index (χ0n) is 20.2. The summed E-state index contributed by atoms with van der Waals surface area (Å²) in [5, 5.41) is 23.1. The molecule has 36 heavy (non-hydrogen) atoms. The fraction of sp³-hybridized carbons (Fsp3) is 0.462. The highest BCUT2D eigenvalue weighted by Crippen LogP contribution is 2.28. The number of halogens is 2. The highest BCUT2D eigenvalue weighted by molar-refractivity contribution is 6.42. The van der Waals surface area contributed by atoms with E-state index in [2.05, 4.69) is 10.2 Å². The second-order valence-electron chi connectivity index (χ2n) is 9.11. The van der Waals surface area contributed by atoms with Crippen molar-refractivity contribution in [3.05, 3.63) is 52.5 Å². The van der Waals surface area contributed by atoms with Crippen LogP contribution in [0.15, 0.2) is 42.5 Å². The van der Waals surface area contributed by atoms with Gasteiger partial charge in [0.25, 0.3) is 0 Å². The number of β-amino-alcohol motifs (C(OH)–C–C–N with tert-alkyl or cyclic N) is 1. The molecule has 1 saturated heterocycles. The van der Waals surface area contributed by atoms with Gasteiger partial charge in [0.1, 0.15) is 30.3 Å². The van der Waals surface area contributed by atoms with Gasteiger partial charge in [-0.1, -0.05) is 42.3 Å². The van der Waals surface area contributed by atoms with Crippen molar-refractivity contribution < 1.29 is 29.3 Å². The average Bonchev–Trinajstić information content (AvgIpc) is 2.81. The van der Waals surface area contributed by atoms with Crippen molar-refractivity contribution in [2.24, 2.45) is 5.92 Å². The zero-order chi connectivity index (χ0) is 26.1. The van der Waals surface area contributed by atoms with Crippen LogP contribution in [0.25, 0.3) is 0 Å². The number of aliphatic carboxylic acids is 1. The first-order chi connectivity index (χ1) is 17.2. The Bertz CT molecular complexity index is 1030. The number of hydrogen-bond donors (Lipinski definition) is 3. The minimum absolute atomic E-state index is 0.0700. The highest BCUT2D eigenvalue weighted by Gasteiger charge is 2.23. The summed E-state index contributed by atoms with van der Waals surface area (Å²) in [4.78, 5) is 25.3. The Morgan fingerprint density at radius 3 is 2.53 bits per heavy atom. The number of carboxylic acid groups (broad SMARTS) is 1. The minimum atomic E-state index is -0.934. The van der Waals surface area contributed by atoms with Crippen molar-refractivity contribution in [2.75, 3.05) is 31.6 Å². The average molecular weight is 539 g/mol. The number of hydrogen-bond acceptors (Lipinski definition) is 6. The first kappa shape index (κ1) is 28.1. The SMILES string of the molecule is CC(CC(=O)O)CC(=O)Nc1ccccc1OCC(O)CN1CCC(Oc2ccc(Cl)c(Cl)c2)CC1. The Morgan fingerprint density at radius 2 is 1.83 bits per heavy atom. The molecule has 3 rings (SSSR count). The van der Waals surface area contributed by atoms with Crippen LogP contribution < -0.4 is 14.8 Å². The molecule has 1 aliphatic heterocycles. The van der Waals surface area contributed by atoms with Crippen molar-refractivity contribution in [2.45, 2.75) is 44.8 Å². The van der Waals surface area contributed by atoms with Crippen molar-refractivity contribution in [1.29, 1.82) is 0 Å². The van der Waals surface area contributed by atoms with E-state index in [-0.39, 0.29) is 37.4 Å². The number of carbonyl (C=O) groups is 2. The van der Waals surface area contributed by atoms with E-state index in [1.54, 1.807) is 49.4 Å². The molecule has 0 bridgehead atoms. The molecule has 0 radical (unpaired) electrons.